The third-order valence-electron chi connectivity index (χ3n) is 14.9. The molecule has 7 rings (SSSR count). The van der Waals surface area contributed by atoms with E-state index in [0.29, 0.717) is 82.7 Å². The summed E-state index contributed by atoms with van der Waals surface area (Å²) in [5, 5.41) is 25.2. The van der Waals surface area contributed by atoms with Crippen molar-refractivity contribution in [2.24, 2.45) is 5.92 Å². The van der Waals surface area contributed by atoms with Crippen LogP contribution in [-0.2, 0) is 108 Å². The number of hydrogen-bond acceptors (Lipinski definition) is 19. The van der Waals surface area contributed by atoms with Gasteiger partial charge in [0.05, 0.1) is 128 Å². The molecule has 3 aliphatic heterocycles. The zero-order valence-corrected chi connectivity index (χ0v) is 51.1. The van der Waals surface area contributed by atoms with Crippen LogP contribution in [0, 0.1) is 5.92 Å². The van der Waals surface area contributed by atoms with E-state index < -0.39 is 66.1 Å². The summed E-state index contributed by atoms with van der Waals surface area (Å²) < 4.78 is 39.6. The van der Waals surface area contributed by atoms with Gasteiger partial charge in [0.2, 0.25) is 35.4 Å². The van der Waals surface area contributed by atoms with Crippen LogP contribution in [0.1, 0.15) is 67.9 Å². The van der Waals surface area contributed by atoms with E-state index in [0.717, 1.165) is 27.0 Å². The molecule has 0 spiro atoms. The first-order chi connectivity index (χ1) is 43.5. The Balaban J connectivity index is 0.743. The Bertz CT molecular complexity index is 3250. The van der Waals surface area contributed by atoms with E-state index in [-0.39, 0.29) is 126 Å². The lowest BCUT2D eigenvalue weighted by atomic mass is 9.86. The highest BCUT2D eigenvalue weighted by Gasteiger charge is 2.45. The van der Waals surface area contributed by atoms with Crippen molar-refractivity contribution in [3.63, 3.8) is 0 Å². The Labute approximate surface area is 520 Å². The summed E-state index contributed by atoms with van der Waals surface area (Å²) in [6.45, 7) is 8.77. The first kappa shape index (κ1) is 69.2. The first-order valence-corrected chi connectivity index (χ1v) is 30.2. The number of aliphatic hydroxyl groups is 1. The maximum absolute atomic E-state index is 14.1. The van der Waals surface area contributed by atoms with Gasteiger partial charge in [-0.15, -0.1) is 0 Å². The fourth-order valence-corrected chi connectivity index (χ4v) is 10.2. The number of hydrogen-bond donors (Lipinski definition) is 6. The predicted octanol–water partition coefficient (Wildman–Crippen LogP) is 0.104. The quantitative estimate of drug-likeness (QED) is 0.0172. The fourth-order valence-electron chi connectivity index (χ4n) is 10.2. The van der Waals surface area contributed by atoms with Crippen LogP contribution in [0.5, 0.6) is 0 Å². The molecule has 0 aliphatic carbocycles. The second-order valence-electron chi connectivity index (χ2n) is 21.8. The molecule has 27 nitrogen and oxygen atoms in total. The van der Waals surface area contributed by atoms with E-state index in [1.807, 2.05) is 44.2 Å². The Morgan fingerprint density at radius 2 is 1.28 bits per heavy atom. The molecule has 0 saturated heterocycles. The van der Waals surface area contributed by atoms with Crippen molar-refractivity contribution in [1.82, 2.24) is 45.9 Å². The Hall–Kier alpha value is -8.31. The maximum Gasteiger partial charge on any atom is 0.343 e. The van der Waals surface area contributed by atoms with Crippen LogP contribution < -0.4 is 32.1 Å². The van der Waals surface area contributed by atoms with Gasteiger partial charge in [-0.2, -0.15) is 0 Å². The highest BCUT2D eigenvalue weighted by molar-refractivity contribution is 6.13. The SMILES string of the molecule is CC[C@@]1(O)C(=O)OCc2c1cc1n(c2=O)Cc2c-1nc1ccccc1c2CCN(CC(C)C)C(=O)CNC(=O)[C@H](Cc1ccccc1)NC(=O)CNC(=O)CNC(=O)CCOCCOCCOCCOCCOCCOCCNC(=O)CCN1C(=O)C=CC1=O. The number of pyridine rings is 2. The first-order valence-electron chi connectivity index (χ1n) is 30.2. The van der Waals surface area contributed by atoms with Crippen LogP contribution >= 0.6 is 0 Å². The third-order valence-corrected chi connectivity index (χ3v) is 14.9. The van der Waals surface area contributed by atoms with Crippen LogP contribution in [-0.4, -0.2) is 209 Å². The lowest BCUT2D eigenvalue weighted by molar-refractivity contribution is -0.172. The van der Waals surface area contributed by atoms with Gasteiger partial charge in [0, 0.05) is 74.1 Å². The molecule has 486 valence electrons. The van der Waals surface area contributed by atoms with E-state index in [2.05, 4.69) is 26.6 Å². The fraction of sp³-hybridized carbons (Fsp3) is 0.508. The molecule has 2 atom stereocenters. The van der Waals surface area contributed by atoms with Gasteiger partial charge in [0.15, 0.2) is 5.60 Å². The van der Waals surface area contributed by atoms with Gasteiger partial charge in [0.25, 0.3) is 17.4 Å². The zero-order valence-electron chi connectivity index (χ0n) is 51.1. The Morgan fingerprint density at radius 1 is 0.689 bits per heavy atom. The predicted molar refractivity (Wildman–Crippen MR) is 324 cm³/mol. The molecule has 5 heterocycles. The molecule has 0 fully saturated rings. The molecule has 0 unspecified atom stereocenters. The molecule has 90 heavy (non-hydrogen) atoms. The van der Waals surface area contributed by atoms with Gasteiger partial charge in [-0.25, -0.2) is 9.78 Å². The van der Waals surface area contributed by atoms with E-state index >= 15 is 0 Å². The van der Waals surface area contributed by atoms with Crippen molar-refractivity contribution in [2.75, 3.05) is 125 Å². The van der Waals surface area contributed by atoms with Gasteiger partial charge >= 0.3 is 5.97 Å². The molecule has 4 aromatic rings. The molecule has 27 heteroatoms. The largest absolute Gasteiger partial charge is 0.458 e. The molecule has 0 radical (unpaired) electrons. The van der Waals surface area contributed by atoms with Gasteiger partial charge in [0.1, 0.15) is 12.6 Å². The van der Waals surface area contributed by atoms with Crippen LogP contribution in [0.3, 0.4) is 0 Å². The molecule has 3 aliphatic rings. The topological polar surface area (TPSA) is 340 Å². The van der Waals surface area contributed by atoms with E-state index in [1.165, 1.54) is 12.2 Å². The molecular weight excluding hydrogens is 1170 g/mol. The van der Waals surface area contributed by atoms with Gasteiger partial charge in [-0.1, -0.05) is 69.3 Å². The summed E-state index contributed by atoms with van der Waals surface area (Å²) in [7, 11) is 0. The second kappa shape index (κ2) is 35.2. The number of aromatic nitrogens is 2. The van der Waals surface area contributed by atoms with Crippen molar-refractivity contribution in [1.29, 1.82) is 0 Å². The summed E-state index contributed by atoms with van der Waals surface area (Å²) in [6, 6.07) is 17.1. The normalized spacial score (nSPS) is 15.1. The number of ether oxygens (including phenoxy) is 7. The molecule has 8 amide bonds. The van der Waals surface area contributed by atoms with Crippen molar-refractivity contribution < 1.29 is 81.4 Å². The summed E-state index contributed by atoms with van der Waals surface area (Å²) in [5.41, 5.74) is 2.10. The average Bonchev–Trinajstić information content (AvgIpc) is 1.49. The van der Waals surface area contributed by atoms with Gasteiger partial charge in [-0.3, -0.25) is 48.1 Å². The average molecular weight is 1250 g/mol. The Morgan fingerprint density at radius 3 is 1.92 bits per heavy atom. The number of imide groups is 1. The minimum Gasteiger partial charge on any atom is -0.458 e. The van der Waals surface area contributed by atoms with Crippen molar-refractivity contribution >= 4 is 64.1 Å². The number of carbonyl (C=O) groups is 9. The smallest absolute Gasteiger partial charge is 0.343 e. The summed E-state index contributed by atoms with van der Waals surface area (Å²) in [4.78, 5) is 136. The molecule has 0 saturated carbocycles. The number of esters is 1. The minimum absolute atomic E-state index is 0.00504. The third kappa shape index (κ3) is 20.1. The highest BCUT2D eigenvalue weighted by atomic mass is 16.6. The second-order valence-corrected chi connectivity index (χ2v) is 21.8. The number of fused-ring (bicyclic) bond motifs is 5. The monoisotopic (exact) mass is 1250 g/mol. The number of benzene rings is 2. The summed E-state index contributed by atoms with van der Waals surface area (Å²) in [6.07, 6.45) is 2.78. The minimum atomic E-state index is -1.98. The number of nitrogens with zero attached hydrogens (tertiary/aromatic N) is 4. The summed E-state index contributed by atoms with van der Waals surface area (Å²) in [5.74, 6) is -4.67. The van der Waals surface area contributed by atoms with Crippen LogP contribution in [0.4, 0.5) is 0 Å². The molecule has 2 aromatic heterocycles. The molecule has 0 bridgehead atoms. The lowest BCUT2D eigenvalue weighted by Crippen LogP contribution is -2.52. The van der Waals surface area contributed by atoms with E-state index in [9.17, 15) is 53.1 Å². The molecular formula is C63H81N9O18. The molecule has 6 N–H and O–H groups in total. The number of rotatable bonds is 40. The zero-order chi connectivity index (χ0) is 64.4. The van der Waals surface area contributed by atoms with Crippen molar-refractivity contribution in [2.45, 2.75) is 77.7 Å². The van der Waals surface area contributed by atoms with Crippen molar-refractivity contribution in [3.8, 4) is 11.4 Å². The molecule has 2 aromatic carbocycles. The standard InChI is InChI=1S/C63H81N9O18/c1-4-63(83)48-35-51-59-46(40-72(51)61(81)47(48)41-90-62(63)82)44(45-12-8-9-13-49(45)69-59)16-20-70(39-42(2)3)58(79)38-67-60(80)50(34-43-10-6-5-7-11-43)68-55(76)37-66-54(75)36-65-53(74)18-22-84-24-26-86-28-30-88-32-33-89-31-29-87-27-25-85-23-19-64-52(73)17-21-71-56(77)14-15-57(71)78/h5-15,35,42,50,83H,4,16-34,36-41H2,1-3H3,(H,64,73)(H,65,74)(H,66,75)(H,67,80)(H,68,76)/t50-,63-/m0/s1. The number of para-hydroxylation sites is 1. The number of cyclic esters (lactones) is 1. The van der Waals surface area contributed by atoms with E-state index in [1.54, 1.807) is 46.7 Å². The summed E-state index contributed by atoms with van der Waals surface area (Å²) >= 11 is 0. The van der Waals surface area contributed by atoms with Gasteiger partial charge < -0.3 is 74.3 Å². The highest BCUT2D eigenvalue weighted by Crippen LogP contribution is 2.40. The van der Waals surface area contributed by atoms with Crippen LogP contribution in [0.2, 0.25) is 0 Å². The number of nitrogens with one attached hydrogen (secondary N) is 5. The Kier molecular flexibility index (Phi) is 27.0. The number of carbonyl (C=O) groups excluding carboxylic acids is 9. The van der Waals surface area contributed by atoms with Crippen LogP contribution in [0.15, 0.2) is 77.6 Å². The lowest BCUT2D eigenvalue weighted by Gasteiger charge is -2.31. The van der Waals surface area contributed by atoms with E-state index in [4.69, 9.17) is 38.1 Å². The van der Waals surface area contributed by atoms with Gasteiger partial charge in [-0.05, 0) is 42.0 Å². The van der Waals surface area contributed by atoms with Crippen molar-refractivity contribution in [3.05, 3.63) is 111 Å². The number of amides is 8. The van der Waals surface area contributed by atoms with Crippen LogP contribution in [0.25, 0.3) is 22.3 Å². The maximum atomic E-state index is 14.1.